The normalized spacial score (nSPS) is 22.4. The quantitative estimate of drug-likeness (QED) is 0.915. The van der Waals surface area contributed by atoms with Crippen molar-refractivity contribution in [1.82, 2.24) is 4.90 Å². The Kier molecular flexibility index (Phi) is 5.20. The van der Waals surface area contributed by atoms with E-state index in [1.165, 1.54) is 18.9 Å². The van der Waals surface area contributed by atoms with Crippen LogP contribution in [0.15, 0.2) is 18.2 Å². The molecule has 4 heteroatoms. The molecule has 0 bridgehead atoms. The van der Waals surface area contributed by atoms with Gasteiger partial charge in [0.05, 0.1) is 0 Å². The van der Waals surface area contributed by atoms with E-state index >= 15 is 0 Å². The lowest BCUT2D eigenvalue weighted by molar-refractivity contribution is 0.122. The highest BCUT2D eigenvalue weighted by Gasteiger charge is 2.27. The minimum atomic E-state index is -0.210. The fraction of sp³-hybridized carbons (Fsp3) is 0.600. The third kappa shape index (κ3) is 3.47. The minimum absolute atomic E-state index is 0.0620. The average Bonchev–Trinajstić information content (AvgIpc) is 2.44. The van der Waals surface area contributed by atoms with Crippen LogP contribution in [0.3, 0.4) is 0 Å². The van der Waals surface area contributed by atoms with E-state index in [9.17, 15) is 4.39 Å². The predicted octanol–water partition coefficient (Wildman–Crippen LogP) is 3.60. The standard InChI is InChI=1S/C15H22ClFN2/c1-2-11-4-3-7-19(10-11)15(9-18)13-8-12(16)5-6-14(13)17/h5-6,8,11,15H,2-4,7,9-10,18H2,1H3. The van der Waals surface area contributed by atoms with Crippen molar-refractivity contribution in [1.29, 1.82) is 0 Å². The largest absolute Gasteiger partial charge is 0.329 e. The molecule has 19 heavy (non-hydrogen) atoms. The van der Waals surface area contributed by atoms with Gasteiger partial charge in [-0.25, -0.2) is 4.39 Å². The molecule has 0 spiro atoms. The van der Waals surface area contributed by atoms with Crippen LogP contribution in [-0.2, 0) is 0 Å². The highest BCUT2D eigenvalue weighted by Crippen LogP contribution is 2.30. The van der Waals surface area contributed by atoms with Crippen molar-refractivity contribution < 1.29 is 4.39 Å². The molecule has 0 aliphatic carbocycles. The van der Waals surface area contributed by atoms with Crippen molar-refractivity contribution in [2.24, 2.45) is 11.7 Å². The SMILES string of the molecule is CCC1CCCN(C(CN)c2cc(Cl)ccc2F)C1. The summed E-state index contributed by atoms with van der Waals surface area (Å²) >= 11 is 5.99. The molecule has 1 aromatic rings. The summed E-state index contributed by atoms with van der Waals surface area (Å²) in [5.41, 5.74) is 6.52. The minimum Gasteiger partial charge on any atom is -0.329 e. The second-order valence-corrected chi connectivity index (χ2v) is 5.77. The van der Waals surface area contributed by atoms with Gasteiger partial charge in [-0.15, -0.1) is 0 Å². The molecule has 1 fully saturated rings. The van der Waals surface area contributed by atoms with E-state index in [1.807, 2.05) is 0 Å². The Labute approximate surface area is 119 Å². The van der Waals surface area contributed by atoms with Crippen molar-refractivity contribution in [3.63, 3.8) is 0 Å². The van der Waals surface area contributed by atoms with E-state index < -0.39 is 0 Å². The van der Waals surface area contributed by atoms with Crippen LogP contribution in [0.2, 0.25) is 5.02 Å². The number of halogens is 2. The van der Waals surface area contributed by atoms with Crippen LogP contribution in [0.5, 0.6) is 0 Å². The molecule has 2 nitrogen and oxygen atoms in total. The molecule has 106 valence electrons. The highest BCUT2D eigenvalue weighted by molar-refractivity contribution is 6.30. The van der Waals surface area contributed by atoms with Gasteiger partial charge >= 0.3 is 0 Å². The van der Waals surface area contributed by atoms with Crippen LogP contribution >= 0.6 is 11.6 Å². The van der Waals surface area contributed by atoms with Gasteiger partial charge in [0.2, 0.25) is 0 Å². The molecule has 2 unspecified atom stereocenters. The van der Waals surface area contributed by atoms with E-state index in [1.54, 1.807) is 12.1 Å². The van der Waals surface area contributed by atoms with Crippen molar-refractivity contribution in [3.8, 4) is 0 Å². The number of hydrogen-bond donors (Lipinski definition) is 1. The lowest BCUT2D eigenvalue weighted by Crippen LogP contribution is -2.41. The van der Waals surface area contributed by atoms with Crippen molar-refractivity contribution >= 4 is 11.6 Å². The lowest BCUT2D eigenvalue weighted by atomic mass is 9.93. The highest BCUT2D eigenvalue weighted by atomic mass is 35.5. The summed E-state index contributed by atoms with van der Waals surface area (Å²) in [5.74, 6) is 0.489. The van der Waals surface area contributed by atoms with E-state index in [0.29, 0.717) is 23.0 Å². The fourth-order valence-corrected chi connectivity index (χ4v) is 3.14. The number of rotatable bonds is 4. The monoisotopic (exact) mass is 284 g/mol. The van der Waals surface area contributed by atoms with E-state index in [4.69, 9.17) is 17.3 Å². The fourth-order valence-electron chi connectivity index (χ4n) is 2.96. The zero-order valence-corrected chi connectivity index (χ0v) is 12.2. The first-order chi connectivity index (χ1) is 9.15. The topological polar surface area (TPSA) is 29.3 Å². The predicted molar refractivity (Wildman–Crippen MR) is 77.8 cm³/mol. The van der Waals surface area contributed by atoms with Gasteiger partial charge in [-0.05, 0) is 43.5 Å². The molecule has 0 radical (unpaired) electrons. The van der Waals surface area contributed by atoms with Crippen molar-refractivity contribution in [2.45, 2.75) is 32.2 Å². The van der Waals surface area contributed by atoms with Crippen LogP contribution in [0.25, 0.3) is 0 Å². The first-order valence-corrected chi connectivity index (χ1v) is 7.42. The van der Waals surface area contributed by atoms with E-state index in [2.05, 4.69) is 11.8 Å². The molecule has 0 aromatic heterocycles. The number of nitrogens with two attached hydrogens (primary N) is 1. The molecule has 1 saturated heterocycles. The molecular formula is C15H22ClFN2. The van der Waals surface area contributed by atoms with Gasteiger partial charge in [0.1, 0.15) is 5.82 Å². The molecule has 1 aliphatic rings. The number of nitrogens with zero attached hydrogens (tertiary/aromatic N) is 1. The zero-order valence-electron chi connectivity index (χ0n) is 11.4. The third-order valence-corrected chi connectivity index (χ3v) is 4.34. The maximum atomic E-state index is 14.0. The maximum absolute atomic E-state index is 14.0. The number of benzene rings is 1. The van der Waals surface area contributed by atoms with Gasteiger partial charge in [-0.2, -0.15) is 0 Å². The summed E-state index contributed by atoms with van der Waals surface area (Å²) in [7, 11) is 0. The number of piperidine rings is 1. The molecule has 0 saturated carbocycles. The summed E-state index contributed by atoms with van der Waals surface area (Å²) in [6.45, 7) is 4.63. The second-order valence-electron chi connectivity index (χ2n) is 5.33. The molecule has 2 atom stereocenters. The average molecular weight is 285 g/mol. The summed E-state index contributed by atoms with van der Waals surface area (Å²) in [6, 6.07) is 4.66. The van der Waals surface area contributed by atoms with Crippen LogP contribution in [0.4, 0.5) is 4.39 Å². The Bertz CT molecular complexity index is 425. The van der Waals surface area contributed by atoms with Gasteiger partial charge in [-0.1, -0.05) is 24.9 Å². The first-order valence-electron chi connectivity index (χ1n) is 7.04. The molecule has 1 aliphatic heterocycles. The zero-order chi connectivity index (χ0) is 13.8. The third-order valence-electron chi connectivity index (χ3n) is 4.11. The van der Waals surface area contributed by atoms with Crippen LogP contribution in [0.1, 0.15) is 37.8 Å². The van der Waals surface area contributed by atoms with Gasteiger partial charge in [0, 0.05) is 29.7 Å². The smallest absolute Gasteiger partial charge is 0.128 e. The Balaban J connectivity index is 2.21. The van der Waals surface area contributed by atoms with Crippen molar-refractivity contribution in [2.75, 3.05) is 19.6 Å². The first kappa shape index (κ1) is 14.8. The summed E-state index contributed by atoms with van der Waals surface area (Å²) in [5, 5.41) is 0.568. The van der Waals surface area contributed by atoms with Crippen molar-refractivity contribution in [3.05, 3.63) is 34.6 Å². The molecule has 0 amide bonds. The van der Waals surface area contributed by atoms with Crippen LogP contribution in [-0.4, -0.2) is 24.5 Å². The number of likely N-dealkylation sites (tertiary alicyclic amines) is 1. The number of hydrogen-bond acceptors (Lipinski definition) is 2. The summed E-state index contributed by atoms with van der Waals surface area (Å²) in [4.78, 5) is 2.31. The van der Waals surface area contributed by atoms with E-state index in [0.717, 1.165) is 19.5 Å². The Morgan fingerprint density at radius 3 is 3.00 bits per heavy atom. The van der Waals surface area contributed by atoms with Crippen LogP contribution < -0.4 is 5.73 Å². The molecule has 1 aromatic carbocycles. The maximum Gasteiger partial charge on any atom is 0.128 e. The Morgan fingerprint density at radius 1 is 1.53 bits per heavy atom. The molecule has 1 heterocycles. The van der Waals surface area contributed by atoms with E-state index in [-0.39, 0.29) is 11.9 Å². The molecular weight excluding hydrogens is 263 g/mol. The summed E-state index contributed by atoms with van der Waals surface area (Å²) in [6.07, 6.45) is 3.60. The Morgan fingerprint density at radius 2 is 2.32 bits per heavy atom. The van der Waals surface area contributed by atoms with Gasteiger partial charge in [-0.3, -0.25) is 4.90 Å². The van der Waals surface area contributed by atoms with Gasteiger partial charge in [0.25, 0.3) is 0 Å². The summed E-state index contributed by atoms with van der Waals surface area (Å²) < 4.78 is 14.0. The van der Waals surface area contributed by atoms with Gasteiger partial charge < -0.3 is 5.73 Å². The molecule has 2 rings (SSSR count). The Hall–Kier alpha value is -0.640. The van der Waals surface area contributed by atoms with Crippen LogP contribution in [0, 0.1) is 11.7 Å². The molecule has 2 N–H and O–H groups in total. The van der Waals surface area contributed by atoms with Gasteiger partial charge in [0.15, 0.2) is 0 Å². The lowest BCUT2D eigenvalue weighted by Gasteiger charge is -2.38. The second kappa shape index (κ2) is 6.69.